The first kappa shape index (κ1) is 24.9. The molecule has 0 spiro atoms. The van der Waals surface area contributed by atoms with Gasteiger partial charge in [-0.25, -0.2) is 9.97 Å². The highest BCUT2D eigenvalue weighted by molar-refractivity contribution is 5.95. The summed E-state index contributed by atoms with van der Waals surface area (Å²) in [4.78, 5) is 29.1. The van der Waals surface area contributed by atoms with E-state index in [1.807, 2.05) is 23.2 Å². The fourth-order valence-corrected chi connectivity index (χ4v) is 5.92. The van der Waals surface area contributed by atoms with E-state index < -0.39 is 0 Å². The maximum Gasteiger partial charge on any atom is 0.239 e. The Morgan fingerprint density at radius 2 is 1.95 bits per heavy atom. The number of ether oxygens (including phenoxy) is 1. The molecule has 2 atom stereocenters. The number of benzene rings is 1. The maximum absolute atomic E-state index is 12.7. The number of methoxy groups -OCH3 is 1. The molecule has 3 saturated heterocycles. The number of amides is 1. The monoisotopic (exact) mass is 516 g/mol. The maximum atomic E-state index is 12.7. The quantitative estimate of drug-likeness (QED) is 0.516. The van der Waals surface area contributed by atoms with Crippen LogP contribution in [-0.2, 0) is 4.79 Å². The Labute approximate surface area is 223 Å². The molecular formula is C29H36N6O3. The fraction of sp³-hybridized carbons (Fsp3) is 0.483. The van der Waals surface area contributed by atoms with E-state index in [1.54, 1.807) is 7.11 Å². The highest BCUT2D eigenvalue weighted by atomic mass is 16.5. The molecule has 2 aromatic heterocycles. The number of fused-ring (bicyclic) bond motifs is 1. The van der Waals surface area contributed by atoms with E-state index in [9.17, 15) is 9.90 Å². The van der Waals surface area contributed by atoms with Gasteiger partial charge in [-0.2, -0.15) is 0 Å². The number of carbonyl (C=O) groups is 1. The molecule has 6 rings (SSSR count). The third-order valence-corrected chi connectivity index (χ3v) is 8.20. The van der Waals surface area contributed by atoms with Crippen LogP contribution in [-0.4, -0.2) is 91.5 Å². The summed E-state index contributed by atoms with van der Waals surface area (Å²) in [6, 6.07) is 12.3. The minimum atomic E-state index is -0.00615. The average Bonchev–Trinajstić information content (AvgIpc) is 3.69. The van der Waals surface area contributed by atoms with Crippen LogP contribution < -0.4 is 19.9 Å². The Kier molecular flexibility index (Phi) is 7.04. The molecule has 9 nitrogen and oxygen atoms in total. The summed E-state index contributed by atoms with van der Waals surface area (Å²) < 4.78 is 5.47. The molecule has 38 heavy (non-hydrogen) atoms. The van der Waals surface area contributed by atoms with E-state index in [0.717, 1.165) is 104 Å². The highest BCUT2D eigenvalue weighted by Gasteiger charge is 2.29. The van der Waals surface area contributed by atoms with Crippen molar-refractivity contribution in [3.05, 3.63) is 42.6 Å². The number of rotatable bonds is 6. The number of piperazine rings is 1. The molecule has 1 amide bonds. The average molecular weight is 517 g/mol. The molecule has 9 heteroatoms. The summed E-state index contributed by atoms with van der Waals surface area (Å²) in [5.74, 6) is 2.24. The van der Waals surface area contributed by atoms with Crippen LogP contribution in [0.25, 0.3) is 22.2 Å². The molecule has 1 aromatic carbocycles. The third kappa shape index (κ3) is 4.88. The highest BCUT2D eigenvalue weighted by Crippen LogP contribution is 2.35. The number of carbonyl (C=O) groups excluding carboxylic acids is 1. The molecule has 3 fully saturated rings. The van der Waals surface area contributed by atoms with Gasteiger partial charge in [0.15, 0.2) is 0 Å². The predicted molar refractivity (Wildman–Crippen MR) is 149 cm³/mol. The Bertz CT molecular complexity index is 1290. The minimum absolute atomic E-state index is 0.00615. The molecular weight excluding hydrogens is 480 g/mol. The number of aliphatic hydroxyl groups excluding tert-OH is 1. The molecule has 2 unspecified atom stereocenters. The summed E-state index contributed by atoms with van der Waals surface area (Å²) in [5.41, 5.74) is 3.83. The largest absolute Gasteiger partial charge is 0.497 e. The van der Waals surface area contributed by atoms with Crippen molar-refractivity contribution >= 4 is 28.3 Å². The van der Waals surface area contributed by atoms with Crippen LogP contribution in [0.4, 0.5) is 11.5 Å². The summed E-state index contributed by atoms with van der Waals surface area (Å²) in [6.07, 6.45) is 4.90. The first-order chi connectivity index (χ1) is 18.6. The standard InChI is InChI=1S/C29H36N6O3/c1-38-22-5-6-23-26(15-22)32-25(16-27(23)35-10-8-20(18-35)19-36)21-4-7-28(31-17-21)33-11-13-34(14-12-33)29(37)24-3-2-9-30-24/h4-7,15-17,20,24,30,36H,2-3,8-14,18-19H2,1H3. The van der Waals surface area contributed by atoms with E-state index in [4.69, 9.17) is 14.7 Å². The number of aliphatic hydroxyl groups is 1. The van der Waals surface area contributed by atoms with E-state index >= 15 is 0 Å². The van der Waals surface area contributed by atoms with Crippen LogP contribution in [0, 0.1) is 5.92 Å². The zero-order valence-corrected chi connectivity index (χ0v) is 22.0. The molecule has 0 aliphatic carbocycles. The van der Waals surface area contributed by atoms with Crippen LogP contribution in [0.3, 0.4) is 0 Å². The number of hydrogen-bond donors (Lipinski definition) is 2. The van der Waals surface area contributed by atoms with Gasteiger partial charge in [0.25, 0.3) is 0 Å². The zero-order valence-electron chi connectivity index (χ0n) is 22.0. The van der Waals surface area contributed by atoms with Gasteiger partial charge in [0.05, 0.1) is 24.4 Å². The number of pyridine rings is 2. The number of nitrogens with one attached hydrogen (secondary N) is 1. The molecule has 0 bridgehead atoms. The molecule has 200 valence electrons. The molecule has 3 aliphatic heterocycles. The van der Waals surface area contributed by atoms with Gasteiger partial charge in [0, 0.05) is 80.7 Å². The third-order valence-electron chi connectivity index (χ3n) is 8.20. The van der Waals surface area contributed by atoms with Crippen LogP contribution in [0.15, 0.2) is 42.6 Å². The van der Waals surface area contributed by atoms with Crippen LogP contribution in [0.5, 0.6) is 5.75 Å². The van der Waals surface area contributed by atoms with E-state index in [2.05, 4.69) is 39.4 Å². The van der Waals surface area contributed by atoms with E-state index in [0.29, 0.717) is 5.92 Å². The van der Waals surface area contributed by atoms with Crippen molar-refractivity contribution < 1.29 is 14.6 Å². The lowest BCUT2D eigenvalue weighted by Crippen LogP contribution is -2.53. The van der Waals surface area contributed by atoms with Gasteiger partial charge in [-0.05, 0) is 56.1 Å². The van der Waals surface area contributed by atoms with Crippen molar-refractivity contribution in [2.75, 3.05) is 69.3 Å². The smallest absolute Gasteiger partial charge is 0.239 e. The number of hydrogen-bond acceptors (Lipinski definition) is 8. The van der Waals surface area contributed by atoms with Gasteiger partial charge in [-0.1, -0.05) is 0 Å². The van der Waals surface area contributed by atoms with Crippen molar-refractivity contribution in [3.63, 3.8) is 0 Å². The molecule has 0 saturated carbocycles. The van der Waals surface area contributed by atoms with Gasteiger partial charge in [0.1, 0.15) is 11.6 Å². The topological polar surface area (TPSA) is 94.1 Å². The molecule has 5 heterocycles. The minimum Gasteiger partial charge on any atom is -0.497 e. The normalized spacial score (nSPS) is 21.9. The van der Waals surface area contributed by atoms with Crippen LogP contribution >= 0.6 is 0 Å². The summed E-state index contributed by atoms with van der Waals surface area (Å²) in [6.45, 7) is 5.92. The summed E-state index contributed by atoms with van der Waals surface area (Å²) >= 11 is 0. The van der Waals surface area contributed by atoms with Crippen molar-refractivity contribution in [2.24, 2.45) is 5.92 Å². The van der Waals surface area contributed by atoms with Crippen molar-refractivity contribution in [1.82, 2.24) is 20.2 Å². The van der Waals surface area contributed by atoms with Gasteiger partial charge in [-0.15, -0.1) is 0 Å². The summed E-state index contributed by atoms with van der Waals surface area (Å²) in [7, 11) is 1.67. The predicted octanol–water partition coefficient (Wildman–Crippen LogP) is 2.52. The lowest BCUT2D eigenvalue weighted by molar-refractivity contribution is -0.133. The second kappa shape index (κ2) is 10.7. The van der Waals surface area contributed by atoms with Gasteiger partial charge < -0.3 is 29.9 Å². The van der Waals surface area contributed by atoms with Crippen molar-refractivity contribution in [1.29, 1.82) is 0 Å². The van der Waals surface area contributed by atoms with Gasteiger partial charge in [-0.3, -0.25) is 4.79 Å². The van der Waals surface area contributed by atoms with Gasteiger partial charge in [0.2, 0.25) is 5.91 Å². The zero-order chi connectivity index (χ0) is 26.1. The van der Waals surface area contributed by atoms with Crippen LogP contribution in [0.2, 0.25) is 0 Å². The Hall–Kier alpha value is -3.43. The Morgan fingerprint density at radius 1 is 1.08 bits per heavy atom. The second-order valence-electron chi connectivity index (χ2n) is 10.6. The first-order valence-corrected chi connectivity index (χ1v) is 13.7. The molecule has 2 N–H and O–H groups in total. The number of nitrogens with zero attached hydrogens (tertiary/aromatic N) is 5. The van der Waals surface area contributed by atoms with Gasteiger partial charge >= 0.3 is 0 Å². The second-order valence-corrected chi connectivity index (χ2v) is 10.6. The van der Waals surface area contributed by atoms with E-state index in [1.165, 1.54) is 0 Å². The number of anilines is 2. The fourth-order valence-electron chi connectivity index (χ4n) is 5.92. The number of aromatic nitrogens is 2. The molecule has 3 aromatic rings. The van der Waals surface area contributed by atoms with Crippen molar-refractivity contribution in [2.45, 2.75) is 25.3 Å². The van der Waals surface area contributed by atoms with Crippen molar-refractivity contribution in [3.8, 4) is 17.0 Å². The first-order valence-electron chi connectivity index (χ1n) is 13.7. The van der Waals surface area contributed by atoms with E-state index in [-0.39, 0.29) is 18.6 Å². The lowest BCUT2D eigenvalue weighted by Gasteiger charge is -2.36. The molecule has 3 aliphatic rings. The lowest BCUT2D eigenvalue weighted by atomic mass is 10.1. The van der Waals surface area contributed by atoms with Crippen LogP contribution in [0.1, 0.15) is 19.3 Å². The summed E-state index contributed by atoms with van der Waals surface area (Å²) in [5, 5.41) is 14.1. The Balaban J connectivity index is 1.21. The molecule has 0 radical (unpaired) electrons. The SMILES string of the molecule is COc1ccc2c(N3CCC(CO)C3)cc(-c3ccc(N4CCN(C(=O)C5CCCN5)CC4)nc3)nc2c1. The Morgan fingerprint density at radius 3 is 2.63 bits per heavy atom.